The van der Waals surface area contributed by atoms with Crippen molar-refractivity contribution in [3.05, 3.63) is 70.1 Å². The number of amides is 1. The van der Waals surface area contributed by atoms with Crippen molar-refractivity contribution in [2.75, 3.05) is 6.54 Å². The van der Waals surface area contributed by atoms with Crippen molar-refractivity contribution < 1.29 is 13.6 Å². The zero-order valence-electron chi connectivity index (χ0n) is 14.1. The second-order valence-electron chi connectivity index (χ2n) is 6.35. The molecule has 5 nitrogen and oxygen atoms in total. The van der Waals surface area contributed by atoms with Gasteiger partial charge >= 0.3 is 0 Å². The zero-order chi connectivity index (χ0) is 17.9. The third-order valence-electron chi connectivity index (χ3n) is 4.53. The topological polar surface area (TPSA) is 59.2 Å². The number of halogens is 1. The number of piperidine rings is 1. The van der Waals surface area contributed by atoms with Crippen molar-refractivity contribution in [1.82, 2.24) is 14.9 Å². The minimum Gasteiger partial charge on any atom is -0.443 e. The average molecular weight is 371 g/mol. The van der Waals surface area contributed by atoms with Crippen LogP contribution in [0.25, 0.3) is 0 Å². The van der Waals surface area contributed by atoms with Gasteiger partial charge in [-0.15, -0.1) is 11.3 Å². The van der Waals surface area contributed by atoms with Crippen LogP contribution in [-0.4, -0.2) is 27.3 Å². The molecule has 0 aliphatic carbocycles. The number of nitrogens with zero attached hydrogens (tertiary/aromatic N) is 3. The van der Waals surface area contributed by atoms with E-state index in [4.69, 9.17) is 4.42 Å². The molecular formula is C19H18FN3O2S. The molecule has 4 rings (SSSR count). The van der Waals surface area contributed by atoms with Gasteiger partial charge in [0.2, 0.25) is 5.89 Å². The van der Waals surface area contributed by atoms with Crippen LogP contribution in [0.2, 0.25) is 0 Å². The summed E-state index contributed by atoms with van der Waals surface area (Å²) in [6.45, 7) is 0.684. The van der Waals surface area contributed by atoms with Gasteiger partial charge in [-0.1, -0.05) is 12.1 Å². The largest absolute Gasteiger partial charge is 0.443 e. The van der Waals surface area contributed by atoms with E-state index in [1.807, 2.05) is 11.0 Å². The van der Waals surface area contributed by atoms with E-state index in [9.17, 15) is 9.18 Å². The summed E-state index contributed by atoms with van der Waals surface area (Å²) in [5.74, 6) is 0.924. The van der Waals surface area contributed by atoms with Crippen LogP contribution in [0.15, 0.2) is 46.6 Å². The fraction of sp³-hybridized carbons (Fsp3) is 0.316. The summed E-state index contributed by atoms with van der Waals surface area (Å²) in [5, 5.41) is 0. The van der Waals surface area contributed by atoms with Gasteiger partial charge in [0, 0.05) is 13.0 Å². The first-order valence-corrected chi connectivity index (χ1v) is 9.47. The SMILES string of the molecule is O=C(c1cncs1)N1CCCC[C@@H]1c1ncc(Cc2cccc(F)c2)o1. The molecule has 3 aromatic rings. The second-order valence-corrected chi connectivity index (χ2v) is 7.23. The number of aromatic nitrogens is 2. The molecule has 1 atom stereocenters. The van der Waals surface area contributed by atoms with Crippen LogP contribution in [0.1, 0.15) is 52.2 Å². The van der Waals surface area contributed by atoms with Crippen molar-refractivity contribution >= 4 is 17.2 Å². The van der Waals surface area contributed by atoms with E-state index in [0.29, 0.717) is 29.5 Å². The Morgan fingerprint density at radius 1 is 1.35 bits per heavy atom. The smallest absolute Gasteiger partial charge is 0.266 e. The van der Waals surface area contributed by atoms with E-state index < -0.39 is 0 Å². The Hall–Kier alpha value is -2.54. The molecule has 2 aromatic heterocycles. The van der Waals surface area contributed by atoms with Crippen LogP contribution in [0.4, 0.5) is 4.39 Å². The monoisotopic (exact) mass is 371 g/mol. The Morgan fingerprint density at radius 3 is 3.08 bits per heavy atom. The fourth-order valence-corrected chi connectivity index (χ4v) is 3.88. The number of carbonyl (C=O) groups is 1. The van der Waals surface area contributed by atoms with Gasteiger partial charge in [0.15, 0.2) is 0 Å². The Labute approximate surface area is 154 Å². The maximum absolute atomic E-state index is 13.3. The van der Waals surface area contributed by atoms with Crippen LogP contribution >= 0.6 is 11.3 Å². The highest BCUT2D eigenvalue weighted by Gasteiger charge is 2.32. The highest BCUT2D eigenvalue weighted by Crippen LogP contribution is 2.32. The molecule has 1 amide bonds. The number of oxazole rings is 1. The van der Waals surface area contributed by atoms with Gasteiger partial charge in [-0.25, -0.2) is 9.37 Å². The lowest BCUT2D eigenvalue weighted by atomic mass is 10.0. The molecular weight excluding hydrogens is 353 g/mol. The lowest BCUT2D eigenvalue weighted by molar-refractivity contribution is 0.0575. The predicted molar refractivity (Wildman–Crippen MR) is 95.5 cm³/mol. The van der Waals surface area contributed by atoms with Crippen LogP contribution in [-0.2, 0) is 6.42 Å². The summed E-state index contributed by atoms with van der Waals surface area (Å²) in [4.78, 5) is 23.6. The van der Waals surface area contributed by atoms with Gasteiger partial charge < -0.3 is 9.32 Å². The highest BCUT2D eigenvalue weighted by atomic mass is 32.1. The second kappa shape index (κ2) is 7.37. The lowest BCUT2D eigenvalue weighted by Gasteiger charge is -2.33. The van der Waals surface area contributed by atoms with Gasteiger partial charge in [0.05, 0.1) is 17.9 Å². The first-order chi connectivity index (χ1) is 12.7. The summed E-state index contributed by atoms with van der Waals surface area (Å²) in [7, 11) is 0. The van der Waals surface area contributed by atoms with E-state index in [0.717, 1.165) is 24.8 Å². The summed E-state index contributed by atoms with van der Waals surface area (Å²) < 4.78 is 19.3. The molecule has 1 aromatic carbocycles. The highest BCUT2D eigenvalue weighted by molar-refractivity contribution is 7.11. The maximum Gasteiger partial charge on any atom is 0.266 e. The quantitative estimate of drug-likeness (QED) is 0.689. The van der Waals surface area contributed by atoms with Crippen molar-refractivity contribution in [2.24, 2.45) is 0 Å². The van der Waals surface area contributed by atoms with Gasteiger partial charge in [-0.2, -0.15) is 0 Å². The van der Waals surface area contributed by atoms with Gasteiger partial charge in [0.25, 0.3) is 5.91 Å². The number of likely N-dealkylation sites (tertiary alicyclic amines) is 1. The number of benzene rings is 1. The fourth-order valence-electron chi connectivity index (χ4n) is 3.30. The predicted octanol–water partition coefficient (Wildman–Crippen LogP) is 4.23. The molecule has 1 fully saturated rings. The molecule has 1 saturated heterocycles. The molecule has 0 unspecified atom stereocenters. The molecule has 1 aliphatic heterocycles. The summed E-state index contributed by atoms with van der Waals surface area (Å²) >= 11 is 1.34. The minimum absolute atomic E-state index is 0.0259. The molecule has 0 bridgehead atoms. The molecule has 0 N–H and O–H groups in total. The molecule has 7 heteroatoms. The molecule has 26 heavy (non-hydrogen) atoms. The first kappa shape index (κ1) is 16.9. The Bertz CT molecular complexity index is 894. The van der Waals surface area contributed by atoms with Gasteiger partial charge in [-0.3, -0.25) is 9.78 Å². The molecule has 0 saturated carbocycles. The lowest BCUT2D eigenvalue weighted by Crippen LogP contribution is -2.38. The molecule has 0 radical (unpaired) electrons. The van der Waals surface area contributed by atoms with Crippen molar-refractivity contribution in [2.45, 2.75) is 31.7 Å². The number of hydrogen-bond donors (Lipinski definition) is 0. The number of carbonyl (C=O) groups excluding carboxylic acids is 1. The van der Waals surface area contributed by atoms with Crippen molar-refractivity contribution in [1.29, 1.82) is 0 Å². The standard InChI is InChI=1S/C19H18FN3O2S/c20-14-5-3-4-13(8-14)9-15-10-22-18(25-15)16-6-1-2-7-23(16)19(24)17-11-21-12-26-17/h3-5,8,10-12,16H,1-2,6-7,9H2/t16-/m1/s1. The molecule has 1 aliphatic rings. The number of thiazole rings is 1. The maximum atomic E-state index is 13.3. The third kappa shape index (κ3) is 3.53. The Kier molecular flexibility index (Phi) is 4.79. The normalized spacial score (nSPS) is 17.4. The molecule has 0 spiro atoms. The molecule has 134 valence electrons. The van der Waals surface area contributed by atoms with Crippen LogP contribution in [0.3, 0.4) is 0 Å². The van der Waals surface area contributed by atoms with Crippen LogP contribution in [0.5, 0.6) is 0 Å². The minimum atomic E-state index is -0.268. The zero-order valence-corrected chi connectivity index (χ0v) is 14.9. The summed E-state index contributed by atoms with van der Waals surface area (Å²) in [5.41, 5.74) is 2.49. The number of hydrogen-bond acceptors (Lipinski definition) is 5. The van der Waals surface area contributed by atoms with Crippen LogP contribution in [0, 0.1) is 5.82 Å². The average Bonchev–Trinajstić information content (AvgIpc) is 3.33. The Balaban J connectivity index is 1.54. The van der Waals surface area contributed by atoms with E-state index in [1.165, 1.54) is 23.5 Å². The van der Waals surface area contributed by atoms with Crippen molar-refractivity contribution in [3.8, 4) is 0 Å². The van der Waals surface area contributed by atoms with E-state index >= 15 is 0 Å². The van der Waals surface area contributed by atoms with Gasteiger partial charge in [-0.05, 0) is 37.0 Å². The summed E-state index contributed by atoms with van der Waals surface area (Å²) in [6, 6.07) is 6.27. The van der Waals surface area contributed by atoms with E-state index in [1.54, 1.807) is 24.0 Å². The van der Waals surface area contributed by atoms with Crippen molar-refractivity contribution in [3.63, 3.8) is 0 Å². The van der Waals surface area contributed by atoms with Gasteiger partial charge in [0.1, 0.15) is 22.5 Å². The first-order valence-electron chi connectivity index (χ1n) is 8.59. The van der Waals surface area contributed by atoms with E-state index in [2.05, 4.69) is 9.97 Å². The van der Waals surface area contributed by atoms with E-state index in [-0.39, 0.29) is 17.8 Å². The van der Waals surface area contributed by atoms with Crippen LogP contribution < -0.4 is 0 Å². The summed E-state index contributed by atoms with van der Waals surface area (Å²) in [6.07, 6.45) is 6.56. The Morgan fingerprint density at radius 2 is 2.27 bits per heavy atom. The number of rotatable bonds is 4. The molecule has 3 heterocycles. The third-order valence-corrected chi connectivity index (χ3v) is 5.29.